The van der Waals surface area contributed by atoms with Crippen LogP contribution in [0.3, 0.4) is 0 Å². The van der Waals surface area contributed by atoms with Gasteiger partial charge < -0.3 is 4.74 Å². The van der Waals surface area contributed by atoms with Crippen molar-refractivity contribution in [1.82, 2.24) is 0 Å². The highest BCUT2D eigenvalue weighted by molar-refractivity contribution is 7.99. The quantitative estimate of drug-likeness (QED) is 0.706. The van der Waals surface area contributed by atoms with Crippen molar-refractivity contribution < 1.29 is 4.74 Å². The molecule has 0 amide bonds. The molecular weight excluding hydrogens is 240 g/mol. The highest BCUT2D eigenvalue weighted by Crippen LogP contribution is 2.63. The molecule has 0 bridgehead atoms. The van der Waals surface area contributed by atoms with Crippen molar-refractivity contribution in [2.45, 2.75) is 51.4 Å². The van der Waals surface area contributed by atoms with Crippen LogP contribution in [-0.2, 0) is 4.74 Å². The molecule has 0 aromatic carbocycles. The van der Waals surface area contributed by atoms with Crippen molar-refractivity contribution in [3.8, 4) is 0 Å². The summed E-state index contributed by atoms with van der Waals surface area (Å²) in [5.74, 6) is 4.77. The minimum absolute atomic E-state index is 0.726. The molecule has 0 aromatic rings. The van der Waals surface area contributed by atoms with E-state index in [2.05, 4.69) is 11.8 Å². The van der Waals surface area contributed by atoms with Gasteiger partial charge in [-0.3, -0.25) is 0 Å². The van der Waals surface area contributed by atoms with E-state index in [4.69, 9.17) is 4.74 Å². The molecule has 102 valence electrons. The maximum absolute atomic E-state index is 5.92. The van der Waals surface area contributed by atoms with Gasteiger partial charge in [-0.25, -0.2) is 0 Å². The van der Waals surface area contributed by atoms with Gasteiger partial charge in [-0.1, -0.05) is 12.8 Å². The molecule has 4 aliphatic rings. The van der Waals surface area contributed by atoms with Crippen LogP contribution in [0.5, 0.6) is 0 Å². The zero-order valence-corrected chi connectivity index (χ0v) is 12.3. The van der Waals surface area contributed by atoms with E-state index >= 15 is 0 Å². The third-order valence-electron chi connectivity index (χ3n) is 6.84. The maximum atomic E-state index is 5.92. The van der Waals surface area contributed by atoms with Crippen molar-refractivity contribution in [2.24, 2.45) is 22.7 Å². The summed E-state index contributed by atoms with van der Waals surface area (Å²) in [7, 11) is 0. The molecule has 4 rings (SSSR count). The third kappa shape index (κ3) is 1.64. The van der Waals surface area contributed by atoms with Crippen molar-refractivity contribution in [2.75, 3.05) is 24.7 Å². The lowest BCUT2D eigenvalue weighted by molar-refractivity contribution is -0.139. The summed E-state index contributed by atoms with van der Waals surface area (Å²) in [6, 6.07) is 0. The van der Waals surface area contributed by atoms with Gasteiger partial charge in [0.1, 0.15) is 0 Å². The Hall–Kier alpha value is 0.310. The smallest absolute Gasteiger partial charge is 0.0502 e. The summed E-state index contributed by atoms with van der Waals surface area (Å²) in [6.45, 7) is 2.14. The number of hydrogen-bond acceptors (Lipinski definition) is 2. The monoisotopic (exact) mass is 266 g/mol. The summed E-state index contributed by atoms with van der Waals surface area (Å²) >= 11 is 2.23. The number of hydrogen-bond donors (Lipinski definition) is 0. The van der Waals surface area contributed by atoms with Crippen LogP contribution in [0.4, 0.5) is 0 Å². The van der Waals surface area contributed by atoms with Crippen LogP contribution >= 0.6 is 11.8 Å². The van der Waals surface area contributed by atoms with Crippen LogP contribution in [0.15, 0.2) is 0 Å². The van der Waals surface area contributed by atoms with E-state index < -0.39 is 0 Å². The van der Waals surface area contributed by atoms with E-state index in [9.17, 15) is 0 Å². The summed E-state index contributed by atoms with van der Waals surface area (Å²) in [5.41, 5.74) is 1.49. The lowest BCUT2D eigenvalue weighted by Crippen LogP contribution is -2.55. The molecule has 1 nitrogen and oxygen atoms in total. The van der Waals surface area contributed by atoms with Crippen LogP contribution in [0, 0.1) is 22.7 Å². The fourth-order valence-corrected chi connectivity index (χ4v) is 6.84. The fraction of sp³-hybridized carbons (Fsp3) is 1.00. The molecule has 0 aromatic heterocycles. The normalized spacial score (nSPS) is 41.3. The van der Waals surface area contributed by atoms with Crippen LogP contribution in [0.2, 0.25) is 0 Å². The van der Waals surface area contributed by atoms with Gasteiger partial charge >= 0.3 is 0 Å². The molecule has 2 aliphatic heterocycles. The SMILES string of the molecule is C1CC2(C1)CCOCC2C1CSCCC12CCC2. The topological polar surface area (TPSA) is 9.23 Å². The Morgan fingerprint density at radius 1 is 0.833 bits per heavy atom. The zero-order valence-electron chi connectivity index (χ0n) is 11.5. The molecule has 4 fully saturated rings. The van der Waals surface area contributed by atoms with Gasteiger partial charge in [0.15, 0.2) is 0 Å². The minimum atomic E-state index is 0.726. The maximum Gasteiger partial charge on any atom is 0.0502 e. The second kappa shape index (κ2) is 4.41. The molecule has 2 heterocycles. The van der Waals surface area contributed by atoms with Crippen molar-refractivity contribution >= 4 is 11.8 Å². The Morgan fingerprint density at radius 3 is 2.22 bits per heavy atom. The Bertz CT molecular complexity index is 287. The van der Waals surface area contributed by atoms with E-state index in [1.54, 1.807) is 0 Å². The second-order valence-corrected chi connectivity index (χ2v) is 8.44. The van der Waals surface area contributed by atoms with Gasteiger partial charge in [-0.15, -0.1) is 0 Å². The molecule has 2 atom stereocenters. The Balaban J connectivity index is 1.59. The lowest BCUT2D eigenvalue weighted by Gasteiger charge is -2.60. The standard InChI is InChI=1S/C16H26OS/c1-3-15(4-1)7-9-17-11-13(15)14-12-18-10-8-16(14)5-2-6-16/h13-14H,1-12H2. The zero-order chi connectivity index (χ0) is 12.1. The van der Waals surface area contributed by atoms with E-state index in [0.29, 0.717) is 0 Å². The highest BCUT2D eigenvalue weighted by atomic mass is 32.2. The molecule has 18 heavy (non-hydrogen) atoms. The first kappa shape index (κ1) is 12.1. The molecule has 2 spiro atoms. The summed E-state index contributed by atoms with van der Waals surface area (Å²) in [4.78, 5) is 0. The first-order valence-corrected chi connectivity index (χ1v) is 9.16. The van der Waals surface area contributed by atoms with Crippen molar-refractivity contribution in [3.05, 3.63) is 0 Å². The van der Waals surface area contributed by atoms with E-state index in [0.717, 1.165) is 35.9 Å². The molecule has 0 N–H and O–H groups in total. The Kier molecular flexibility index (Phi) is 2.96. The van der Waals surface area contributed by atoms with E-state index in [1.807, 2.05) is 0 Å². The van der Waals surface area contributed by atoms with Crippen LogP contribution in [0.25, 0.3) is 0 Å². The number of thioether (sulfide) groups is 1. The minimum Gasteiger partial charge on any atom is -0.381 e. The first-order chi connectivity index (χ1) is 8.85. The Morgan fingerprint density at radius 2 is 1.56 bits per heavy atom. The van der Waals surface area contributed by atoms with Gasteiger partial charge in [0.2, 0.25) is 0 Å². The lowest BCUT2D eigenvalue weighted by atomic mass is 9.48. The van der Waals surface area contributed by atoms with Gasteiger partial charge in [-0.2, -0.15) is 11.8 Å². The molecule has 2 aliphatic carbocycles. The first-order valence-electron chi connectivity index (χ1n) is 8.00. The van der Waals surface area contributed by atoms with Crippen LogP contribution in [0.1, 0.15) is 51.4 Å². The molecule has 0 radical (unpaired) electrons. The predicted molar refractivity (Wildman–Crippen MR) is 76.9 cm³/mol. The van der Waals surface area contributed by atoms with Gasteiger partial charge in [-0.05, 0) is 72.7 Å². The van der Waals surface area contributed by atoms with Crippen LogP contribution < -0.4 is 0 Å². The number of ether oxygens (including phenoxy) is 1. The van der Waals surface area contributed by atoms with Crippen LogP contribution in [-0.4, -0.2) is 24.7 Å². The van der Waals surface area contributed by atoms with E-state index in [-0.39, 0.29) is 0 Å². The molecule has 2 unspecified atom stereocenters. The van der Waals surface area contributed by atoms with Gasteiger partial charge in [0.25, 0.3) is 0 Å². The van der Waals surface area contributed by atoms with Crippen molar-refractivity contribution in [3.63, 3.8) is 0 Å². The average Bonchev–Trinajstić information content (AvgIpc) is 2.35. The van der Waals surface area contributed by atoms with Gasteiger partial charge in [0.05, 0.1) is 6.61 Å². The molecule has 2 saturated carbocycles. The third-order valence-corrected chi connectivity index (χ3v) is 7.93. The van der Waals surface area contributed by atoms with E-state index in [1.165, 1.54) is 62.9 Å². The summed E-state index contributed by atoms with van der Waals surface area (Å²) < 4.78 is 5.92. The van der Waals surface area contributed by atoms with Gasteiger partial charge in [0, 0.05) is 6.61 Å². The fourth-order valence-electron chi connectivity index (χ4n) is 5.29. The highest BCUT2D eigenvalue weighted by Gasteiger charge is 2.56. The second-order valence-electron chi connectivity index (χ2n) is 7.29. The largest absolute Gasteiger partial charge is 0.381 e. The van der Waals surface area contributed by atoms with Crippen molar-refractivity contribution in [1.29, 1.82) is 0 Å². The molecule has 2 heteroatoms. The predicted octanol–water partition coefficient (Wildman–Crippen LogP) is 4.12. The summed E-state index contributed by atoms with van der Waals surface area (Å²) in [5, 5.41) is 0. The Labute approximate surface area is 115 Å². The number of rotatable bonds is 1. The summed E-state index contributed by atoms with van der Waals surface area (Å²) in [6.07, 6.45) is 12.0. The molecule has 2 saturated heterocycles. The average molecular weight is 266 g/mol. The molecular formula is C16H26OS.